The highest BCUT2D eigenvalue weighted by Crippen LogP contribution is 2.11. The molecule has 0 atom stereocenters. The van der Waals surface area contributed by atoms with Crippen LogP contribution >= 0.6 is 0 Å². The quantitative estimate of drug-likeness (QED) is 0.755. The Morgan fingerprint density at radius 1 is 1.11 bits per heavy atom. The summed E-state index contributed by atoms with van der Waals surface area (Å²) in [6.07, 6.45) is 2.99. The summed E-state index contributed by atoms with van der Waals surface area (Å²) in [6, 6.07) is 8.96. The Labute approximate surface area is 118 Å². The number of aliphatic hydroxyl groups is 1. The lowest BCUT2D eigenvalue weighted by Crippen LogP contribution is -2.41. The second-order valence-corrected chi connectivity index (χ2v) is 6.45. The summed E-state index contributed by atoms with van der Waals surface area (Å²) in [5, 5.41) is 12.5. The molecule has 0 aromatic heterocycles. The van der Waals surface area contributed by atoms with Gasteiger partial charge in [-0.15, -0.1) is 0 Å². The van der Waals surface area contributed by atoms with Gasteiger partial charge in [0.15, 0.2) is 0 Å². The lowest BCUT2D eigenvalue weighted by atomic mass is 9.99. The van der Waals surface area contributed by atoms with Gasteiger partial charge < -0.3 is 10.4 Å². The van der Waals surface area contributed by atoms with Crippen LogP contribution < -0.4 is 5.32 Å². The maximum Gasteiger partial charge on any atom is 0.0448 e. The maximum atomic E-state index is 8.98. The van der Waals surface area contributed by atoms with Crippen LogP contribution in [0.4, 0.5) is 0 Å². The van der Waals surface area contributed by atoms with Gasteiger partial charge in [-0.3, -0.25) is 0 Å². The molecule has 2 heteroatoms. The van der Waals surface area contributed by atoms with Crippen molar-refractivity contribution in [2.75, 3.05) is 13.2 Å². The highest BCUT2D eigenvalue weighted by molar-refractivity contribution is 5.23. The highest BCUT2D eigenvalue weighted by Gasteiger charge is 2.15. The summed E-state index contributed by atoms with van der Waals surface area (Å²) < 4.78 is 0. The zero-order chi connectivity index (χ0) is 14.3. The largest absolute Gasteiger partial charge is 0.396 e. The van der Waals surface area contributed by atoms with Gasteiger partial charge in [0, 0.05) is 12.1 Å². The number of rotatable bonds is 8. The van der Waals surface area contributed by atoms with Crippen molar-refractivity contribution in [3.63, 3.8) is 0 Å². The molecule has 1 aromatic rings. The number of benzene rings is 1. The molecular weight excluding hydrogens is 234 g/mol. The summed E-state index contributed by atoms with van der Waals surface area (Å²) in [4.78, 5) is 0. The molecule has 2 N–H and O–H groups in total. The smallest absolute Gasteiger partial charge is 0.0448 e. The Balaban J connectivity index is 2.38. The number of hydrogen-bond acceptors (Lipinski definition) is 2. The molecule has 0 bridgehead atoms. The van der Waals surface area contributed by atoms with E-state index in [0.717, 1.165) is 25.8 Å². The van der Waals surface area contributed by atoms with E-state index in [-0.39, 0.29) is 12.1 Å². The van der Waals surface area contributed by atoms with E-state index < -0.39 is 0 Å². The van der Waals surface area contributed by atoms with Crippen LogP contribution in [0.5, 0.6) is 0 Å². The average molecular weight is 263 g/mol. The normalized spacial score (nSPS) is 12.1. The predicted octanol–water partition coefficient (Wildman–Crippen LogP) is 3.18. The van der Waals surface area contributed by atoms with E-state index in [1.165, 1.54) is 11.1 Å². The topological polar surface area (TPSA) is 32.3 Å². The molecule has 1 rings (SSSR count). The van der Waals surface area contributed by atoms with Crippen molar-refractivity contribution in [1.29, 1.82) is 0 Å². The number of aliphatic hydroxyl groups excluding tert-OH is 1. The molecule has 0 saturated carbocycles. The number of nitrogens with one attached hydrogen (secondary N) is 1. The van der Waals surface area contributed by atoms with E-state index in [2.05, 4.69) is 57.3 Å². The summed E-state index contributed by atoms with van der Waals surface area (Å²) in [6.45, 7) is 9.96. The van der Waals surface area contributed by atoms with Crippen LogP contribution in [0.25, 0.3) is 0 Å². The van der Waals surface area contributed by atoms with Crippen LogP contribution in [-0.2, 0) is 12.8 Å². The van der Waals surface area contributed by atoms with Crippen LogP contribution in [0.1, 0.15) is 45.2 Å². The Hall–Kier alpha value is -0.860. The molecule has 0 radical (unpaired) electrons. The summed E-state index contributed by atoms with van der Waals surface area (Å²) in [7, 11) is 0. The molecule has 0 heterocycles. The number of hydrogen-bond donors (Lipinski definition) is 2. The molecule has 2 nitrogen and oxygen atoms in total. The van der Waals surface area contributed by atoms with Crippen molar-refractivity contribution >= 4 is 0 Å². The Morgan fingerprint density at radius 2 is 1.68 bits per heavy atom. The van der Waals surface area contributed by atoms with Crippen molar-refractivity contribution in [1.82, 2.24) is 5.32 Å². The summed E-state index contributed by atoms with van der Waals surface area (Å²) >= 11 is 0. The molecule has 0 saturated heterocycles. The van der Waals surface area contributed by atoms with E-state index >= 15 is 0 Å². The third kappa shape index (κ3) is 6.74. The van der Waals surface area contributed by atoms with Crippen molar-refractivity contribution < 1.29 is 5.11 Å². The molecule has 108 valence electrons. The zero-order valence-corrected chi connectivity index (χ0v) is 12.9. The predicted molar refractivity (Wildman–Crippen MR) is 82.5 cm³/mol. The monoisotopic (exact) mass is 263 g/mol. The first kappa shape index (κ1) is 16.2. The first-order valence-corrected chi connectivity index (χ1v) is 7.36. The van der Waals surface area contributed by atoms with Crippen LogP contribution in [0.3, 0.4) is 0 Å². The second-order valence-electron chi connectivity index (χ2n) is 6.45. The third-order valence-electron chi connectivity index (χ3n) is 3.42. The fourth-order valence-electron chi connectivity index (χ4n) is 2.23. The van der Waals surface area contributed by atoms with Gasteiger partial charge in [-0.1, -0.05) is 38.1 Å². The van der Waals surface area contributed by atoms with Crippen molar-refractivity contribution in [3.8, 4) is 0 Å². The minimum Gasteiger partial charge on any atom is -0.396 e. The lowest BCUT2D eigenvalue weighted by Gasteiger charge is -2.25. The minimum atomic E-state index is 0.0202. The summed E-state index contributed by atoms with van der Waals surface area (Å²) in [5.74, 6) is 0.715. The van der Waals surface area contributed by atoms with Gasteiger partial charge in [-0.2, -0.15) is 0 Å². The fourth-order valence-corrected chi connectivity index (χ4v) is 2.23. The van der Waals surface area contributed by atoms with Gasteiger partial charge in [-0.25, -0.2) is 0 Å². The average Bonchev–Trinajstić information content (AvgIpc) is 2.30. The molecule has 0 amide bonds. The molecule has 0 aliphatic carbocycles. The van der Waals surface area contributed by atoms with Crippen LogP contribution in [0.15, 0.2) is 24.3 Å². The first-order chi connectivity index (χ1) is 8.93. The first-order valence-electron chi connectivity index (χ1n) is 7.36. The van der Waals surface area contributed by atoms with E-state index in [0.29, 0.717) is 5.92 Å². The molecule has 0 fully saturated rings. The summed E-state index contributed by atoms with van der Waals surface area (Å²) in [5.41, 5.74) is 2.82. The molecule has 0 aliphatic heterocycles. The van der Waals surface area contributed by atoms with Gasteiger partial charge in [0.05, 0.1) is 0 Å². The van der Waals surface area contributed by atoms with E-state index in [1.54, 1.807) is 0 Å². The molecule has 1 aromatic carbocycles. The molecule has 19 heavy (non-hydrogen) atoms. The van der Waals surface area contributed by atoms with Crippen LogP contribution in [0.2, 0.25) is 0 Å². The molecule has 0 unspecified atom stereocenters. The Bertz CT molecular complexity index is 354. The van der Waals surface area contributed by atoms with Gasteiger partial charge in [0.25, 0.3) is 0 Å². The second kappa shape index (κ2) is 7.66. The highest BCUT2D eigenvalue weighted by atomic mass is 16.3. The Morgan fingerprint density at radius 3 is 2.21 bits per heavy atom. The molecule has 0 aliphatic rings. The molecule has 0 spiro atoms. The van der Waals surface area contributed by atoms with E-state index in [4.69, 9.17) is 5.11 Å². The van der Waals surface area contributed by atoms with Crippen molar-refractivity contribution in [2.45, 2.75) is 52.5 Å². The zero-order valence-electron chi connectivity index (χ0n) is 12.9. The van der Waals surface area contributed by atoms with E-state index in [9.17, 15) is 0 Å². The molecular formula is C17H29NO. The van der Waals surface area contributed by atoms with Crippen molar-refractivity contribution in [3.05, 3.63) is 35.4 Å². The third-order valence-corrected chi connectivity index (χ3v) is 3.42. The van der Waals surface area contributed by atoms with Gasteiger partial charge in [-0.05, 0) is 56.7 Å². The SMILES string of the molecule is CC(C)Cc1ccc(CCNC(C)(C)CCO)cc1. The lowest BCUT2D eigenvalue weighted by molar-refractivity contribution is 0.231. The van der Waals surface area contributed by atoms with Crippen LogP contribution in [0, 0.1) is 5.92 Å². The fraction of sp³-hybridized carbons (Fsp3) is 0.647. The van der Waals surface area contributed by atoms with E-state index in [1.807, 2.05) is 0 Å². The van der Waals surface area contributed by atoms with Crippen molar-refractivity contribution in [2.24, 2.45) is 5.92 Å². The van der Waals surface area contributed by atoms with Gasteiger partial charge >= 0.3 is 0 Å². The minimum absolute atomic E-state index is 0.0202. The Kier molecular flexibility index (Phi) is 6.53. The maximum absolute atomic E-state index is 8.98. The van der Waals surface area contributed by atoms with Crippen LogP contribution in [-0.4, -0.2) is 23.8 Å². The van der Waals surface area contributed by atoms with Gasteiger partial charge in [0.2, 0.25) is 0 Å². The van der Waals surface area contributed by atoms with Gasteiger partial charge in [0.1, 0.15) is 0 Å². The standard InChI is InChI=1S/C17H29NO/c1-14(2)13-16-7-5-15(6-8-16)9-11-18-17(3,4)10-12-19/h5-8,14,18-19H,9-13H2,1-4H3.